The highest BCUT2D eigenvalue weighted by Crippen LogP contribution is 2.68. The van der Waals surface area contributed by atoms with Crippen LogP contribution < -0.4 is 0 Å². The van der Waals surface area contributed by atoms with Gasteiger partial charge in [-0.25, -0.2) is 0 Å². The highest BCUT2D eigenvalue weighted by atomic mass is 79.9. The summed E-state index contributed by atoms with van der Waals surface area (Å²) in [4.78, 5) is 0. The molecule has 1 heteroatoms. The largest absolute Gasteiger partial charge is 0.0984 e. The molecule has 0 radical (unpaired) electrons. The summed E-state index contributed by atoms with van der Waals surface area (Å²) in [5, 5.41) is 0. The predicted octanol–water partition coefficient (Wildman–Crippen LogP) is 14.0. The van der Waals surface area contributed by atoms with Crippen molar-refractivity contribution in [3.8, 4) is 11.1 Å². The van der Waals surface area contributed by atoms with Gasteiger partial charge in [0, 0.05) is 21.7 Å². The van der Waals surface area contributed by atoms with E-state index in [1.54, 1.807) is 33.4 Å². The van der Waals surface area contributed by atoms with E-state index in [0.29, 0.717) is 17.8 Å². The normalized spacial score (nSPS) is 23.6. The van der Waals surface area contributed by atoms with Gasteiger partial charge < -0.3 is 0 Å². The van der Waals surface area contributed by atoms with Gasteiger partial charge in [-0.3, -0.25) is 0 Å². The van der Waals surface area contributed by atoms with Crippen molar-refractivity contribution in [1.29, 1.82) is 0 Å². The van der Waals surface area contributed by atoms with Crippen molar-refractivity contribution >= 4 is 33.7 Å². The van der Waals surface area contributed by atoms with Crippen molar-refractivity contribution in [3.05, 3.63) is 206 Å². The Morgan fingerprint density at radius 1 is 0.808 bits per heavy atom. The number of halogens is 1. The van der Waals surface area contributed by atoms with Crippen molar-refractivity contribution in [1.82, 2.24) is 0 Å². The van der Waals surface area contributed by atoms with Gasteiger partial charge in [-0.1, -0.05) is 180 Å². The van der Waals surface area contributed by atoms with Crippen LogP contribution in [-0.4, -0.2) is 0 Å². The molecule has 4 unspecified atom stereocenters. The minimum atomic E-state index is 0.0322. The van der Waals surface area contributed by atoms with E-state index < -0.39 is 0 Å². The number of hydrogen-bond donors (Lipinski definition) is 0. The predicted molar refractivity (Wildman–Crippen MR) is 227 cm³/mol. The Morgan fingerprint density at radius 2 is 1.58 bits per heavy atom. The molecule has 0 aliphatic heterocycles. The maximum atomic E-state index is 3.77. The smallest absolute Gasteiger partial charge is 0.0354 e. The van der Waals surface area contributed by atoms with E-state index in [1.807, 2.05) is 19.1 Å². The number of benzene rings is 4. The summed E-state index contributed by atoms with van der Waals surface area (Å²) in [5.41, 5.74) is 18.7. The molecule has 4 atom stereocenters. The quantitative estimate of drug-likeness (QED) is 0.191. The summed E-state index contributed by atoms with van der Waals surface area (Å²) in [6.45, 7) is 10.3. The first-order chi connectivity index (χ1) is 25.4. The Morgan fingerprint density at radius 3 is 2.35 bits per heavy atom. The Balaban J connectivity index is 0.000000276. The highest BCUT2D eigenvalue weighted by Gasteiger charge is 2.61. The van der Waals surface area contributed by atoms with Gasteiger partial charge in [0.15, 0.2) is 0 Å². The van der Waals surface area contributed by atoms with Crippen LogP contribution in [0.3, 0.4) is 0 Å². The van der Waals surface area contributed by atoms with Crippen LogP contribution in [0, 0.1) is 24.7 Å². The summed E-state index contributed by atoms with van der Waals surface area (Å²) in [6.07, 6.45) is 27.5. The van der Waals surface area contributed by atoms with Gasteiger partial charge in [0.05, 0.1) is 0 Å². The summed E-state index contributed by atoms with van der Waals surface area (Å²) in [6, 6.07) is 33.5. The van der Waals surface area contributed by atoms with E-state index in [0.717, 1.165) is 30.2 Å². The standard InChI is InChI=1S/C39H33Br.C12H14/c1-25-7-6-12-36-38(25)33-22-15-27(23-26-13-16-28(17-14-26)29-18-20-30(40)21-19-29)24-37(33)39(36)34-10-4-2-8-31(34)32-9-3-5-11-35(32)39;1-4-6-12-9-10(3)7-8-11(12)5-2/h2-6,8-10,12-22,25,35,37H,7,11,23-24H2,1H3;4-9H,2H2,1,3H3/b;6-4-. The third-order valence-corrected chi connectivity index (χ3v) is 12.5. The molecule has 0 N–H and O–H groups in total. The Kier molecular flexibility index (Phi) is 9.49. The van der Waals surface area contributed by atoms with Crippen molar-refractivity contribution in [2.24, 2.45) is 17.8 Å². The second-order valence-corrected chi connectivity index (χ2v) is 16.0. The molecule has 0 amide bonds. The number of fused-ring (bicyclic) bond motifs is 9. The summed E-state index contributed by atoms with van der Waals surface area (Å²) < 4.78 is 1.12. The molecule has 0 saturated carbocycles. The summed E-state index contributed by atoms with van der Waals surface area (Å²) in [7, 11) is 0. The first-order valence-corrected chi connectivity index (χ1v) is 19.7. The van der Waals surface area contributed by atoms with E-state index in [2.05, 4.69) is 176 Å². The van der Waals surface area contributed by atoms with Crippen LogP contribution in [0.4, 0.5) is 0 Å². The molecular formula is C51H47Br. The summed E-state index contributed by atoms with van der Waals surface area (Å²) in [5.74, 6) is 1.58. The third-order valence-electron chi connectivity index (χ3n) is 12.0. The average molecular weight is 740 g/mol. The molecule has 0 aromatic heterocycles. The fourth-order valence-corrected chi connectivity index (χ4v) is 10.0. The zero-order valence-electron chi connectivity index (χ0n) is 30.6. The topological polar surface area (TPSA) is 0 Å². The van der Waals surface area contributed by atoms with Gasteiger partial charge in [-0.15, -0.1) is 0 Å². The first kappa shape index (κ1) is 34.4. The molecule has 52 heavy (non-hydrogen) atoms. The van der Waals surface area contributed by atoms with E-state index in [-0.39, 0.29) is 5.41 Å². The zero-order valence-corrected chi connectivity index (χ0v) is 32.2. The van der Waals surface area contributed by atoms with Crippen LogP contribution in [-0.2, 0) is 11.8 Å². The van der Waals surface area contributed by atoms with Crippen LogP contribution in [0.1, 0.15) is 66.5 Å². The maximum absolute atomic E-state index is 3.77. The Labute approximate surface area is 319 Å². The molecule has 0 bridgehead atoms. The van der Waals surface area contributed by atoms with Crippen LogP contribution in [0.5, 0.6) is 0 Å². The van der Waals surface area contributed by atoms with Gasteiger partial charge in [-0.2, -0.15) is 0 Å². The second-order valence-electron chi connectivity index (χ2n) is 15.0. The molecule has 0 saturated heterocycles. The molecule has 258 valence electrons. The second kappa shape index (κ2) is 14.4. The molecule has 5 aliphatic carbocycles. The fraction of sp³-hybridized carbons (Fsp3) is 0.216. The van der Waals surface area contributed by atoms with Gasteiger partial charge >= 0.3 is 0 Å². The molecule has 4 aromatic rings. The first-order valence-electron chi connectivity index (χ1n) is 18.9. The maximum Gasteiger partial charge on any atom is 0.0354 e. The molecule has 1 spiro atoms. The van der Waals surface area contributed by atoms with E-state index in [9.17, 15) is 0 Å². The minimum absolute atomic E-state index is 0.0322. The fourth-order valence-electron chi connectivity index (χ4n) is 9.74. The lowest BCUT2D eigenvalue weighted by Gasteiger charge is -2.42. The molecule has 0 nitrogen and oxygen atoms in total. The van der Waals surface area contributed by atoms with Crippen molar-refractivity contribution in [2.45, 2.75) is 51.9 Å². The third kappa shape index (κ3) is 5.94. The van der Waals surface area contributed by atoms with E-state index in [1.165, 1.54) is 38.9 Å². The molecule has 4 aromatic carbocycles. The molecule has 5 aliphatic rings. The van der Waals surface area contributed by atoms with Gasteiger partial charge in [0.2, 0.25) is 0 Å². The molecule has 0 heterocycles. The van der Waals surface area contributed by atoms with Crippen LogP contribution in [0.25, 0.3) is 28.9 Å². The van der Waals surface area contributed by atoms with E-state index in [4.69, 9.17) is 0 Å². The van der Waals surface area contributed by atoms with E-state index >= 15 is 0 Å². The zero-order chi connectivity index (χ0) is 35.8. The lowest BCUT2D eigenvalue weighted by atomic mass is 9.59. The van der Waals surface area contributed by atoms with Crippen LogP contribution >= 0.6 is 15.9 Å². The number of aryl methyl sites for hydroxylation is 1. The van der Waals surface area contributed by atoms with Crippen molar-refractivity contribution in [3.63, 3.8) is 0 Å². The summed E-state index contributed by atoms with van der Waals surface area (Å²) >= 11 is 3.55. The van der Waals surface area contributed by atoms with Crippen LogP contribution in [0.15, 0.2) is 173 Å². The monoisotopic (exact) mass is 738 g/mol. The average Bonchev–Trinajstić information content (AvgIpc) is 3.64. The minimum Gasteiger partial charge on any atom is -0.0984 e. The Bertz CT molecular complexity index is 2240. The molecule has 9 rings (SSSR count). The lowest BCUT2D eigenvalue weighted by molar-refractivity contribution is 0.313. The number of hydrogen-bond acceptors (Lipinski definition) is 0. The molecule has 0 fully saturated rings. The lowest BCUT2D eigenvalue weighted by Crippen LogP contribution is -2.39. The van der Waals surface area contributed by atoms with Crippen LogP contribution in [0.2, 0.25) is 0 Å². The van der Waals surface area contributed by atoms with Gasteiger partial charge in [0.25, 0.3) is 0 Å². The van der Waals surface area contributed by atoms with Crippen molar-refractivity contribution in [2.75, 3.05) is 0 Å². The van der Waals surface area contributed by atoms with Gasteiger partial charge in [0.1, 0.15) is 0 Å². The SMILES string of the molecule is C=Cc1ccc(C)cc1/C=C\C.CC1CC=CC2=C1C1=CC=C(Cc3ccc(-c4ccc(Br)cc4)cc3)CC1C21c2ccccc2C2=CC=CCC21. The van der Waals surface area contributed by atoms with Gasteiger partial charge in [-0.05, 0) is 119 Å². The molecular weight excluding hydrogens is 692 g/mol. The Hall–Kier alpha value is -4.72. The number of allylic oxidation sites excluding steroid dienone is 13. The van der Waals surface area contributed by atoms with Crippen molar-refractivity contribution < 1.29 is 0 Å². The highest BCUT2D eigenvalue weighted by molar-refractivity contribution is 9.10. The number of rotatable bonds is 5.